The Morgan fingerprint density at radius 1 is 0.706 bits per heavy atom. The van der Waals surface area contributed by atoms with Crippen LogP contribution in [0.25, 0.3) is 0 Å². The van der Waals surface area contributed by atoms with Crippen molar-refractivity contribution in [2.45, 2.75) is 50.6 Å². The summed E-state index contributed by atoms with van der Waals surface area (Å²) in [6, 6.07) is 1.75. The molecule has 0 bridgehead atoms. The number of fused-ring (bicyclic) bond motifs is 1. The number of rotatable bonds is 1. The van der Waals surface area contributed by atoms with E-state index in [0.717, 1.165) is 12.1 Å². The summed E-state index contributed by atoms with van der Waals surface area (Å²) >= 11 is 0. The molecule has 0 aromatic carbocycles. The lowest BCUT2D eigenvalue weighted by molar-refractivity contribution is 0.161. The molecule has 2 atom stereocenters. The average Bonchev–Trinajstić information content (AvgIpc) is 2.59. The maximum absolute atomic E-state index is 3.54. The van der Waals surface area contributed by atoms with Crippen LogP contribution in [-0.2, 0) is 0 Å². The van der Waals surface area contributed by atoms with E-state index in [2.05, 4.69) is 15.1 Å². The van der Waals surface area contributed by atoms with E-state index in [1.807, 2.05) is 0 Å². The first kappa shape index (κ1) is 11.9. The lowest BCUT2D eigenvalue weighted by Gasteiger charge is -2.32. The van der Waals surface area contributed by atoms with Crippen LogP contribution in [0.1, 0.15) is 38.5 Å². The summed E-state index contributed by atoms with van der Waals surface area (Å²) in [7, 11) is 0. The molecule has 2 unspecified atom stereocenters. The van der Waals surface area contributed by atoms with Gasteiger partial charge in [-0.1, -0.05) is 0 Å². The molecular weight excluding hydrogens is 210 g/mol. The topological polar surface area (TPSA) is 18.5 Å². The highest BCUT2D eigenvalue weighted by Gasteiger charge is 2.31. The summed E-state index contributed by atoms with van der Waals surface area (Å²) in [5.74, 6) is 0. The zero-order chi connectivity index (χ0) is 11.5. The van der Waals surface area contributed by atoms with E-state index in [9.17, 15) is 0 Å². The molecule has 3 saturated heterocycles. The number of nitrogens with one attached hydrogen (secondary N) is 1. The fourth-order valence-corrected chi connectivity index (χ4v) is 3.93. The fraction of sp³-hybridized carbons (Fsp3) is 1.00. The predicted octanol–water partition coefficient (Wildman–Crippen LogP) is 1.30. The normalized spacial score (nSPS) is 37.4. The van der Waals surface area contributed by atoms with Crippen LogP contribution in [-0.4, -0.2) is 61.2 Å². The Morgan fingerprint density at radius 2 is 1.53 bits per heavy atom. The summed E-state index contributed by atoms with van der Waals surface area (Å²) in [5, 5.41) is 3.54. The van der Waals surface area contributed by atoms with E-state index in [-0.39, 0.29) is 0 Å². The molecule has 3 nitrogen and oxygen atoms in total. The Balaban J connectivity index is 1.61. The lowest BCUT2D eigenvalue weighted by atomic mass is 10.1. The quantitative estimate of drug-likeness (QED) is 0.741. The van der Waals surface area contributed by atoms with Gasteiger partial charge in [-0.3, -0.25) is 9.80 Å². The Kier molecular flexibility index (Phi) is 3.99. The maximum atomic E-state index is 3.54. The highest BCUT2D eigenvalue weighted by atomic mass is 15.3. The summed E-state index contributed by atoms with van der Waals surface area (Å²) in [6.07, 6.45) is 8.43. The Labute approximate surface area is 106 Å². The highest BCUT2D eigenvalue weighted by molar-refractivity contribution is 4.88. The molecule has 3 aliphatic rings. The molecule has 3 heteroatoms. The van der Waals surface area contributed by atoms with Crippen LogP contribution in [0.2, 0.25) is 0 Å². The van der Waals surface area contributed by atoms with Crippen LogP contribution in [0.4, 0.5) is 0 Å². The third-order valence-electron chi connectivity index (χ3n) is 4.90. The minimum absolute atomic E-state index is 0.866. The lowest BCUT2D eigenvalue weighted by Crippen LogP contribution is -2.42. The summed E-state index contributed by atoms with van der Waals surface area (Å²) < 4.78 is 0. The molecule has 3 aliphatic heterocycles. The second-order valence-corrected chi connectivity index (χ2v) is 6.02. The number of nitrogens with zero attached hydrogens (tertiary/aromatic N) is 2. The highest BCUT2D eigenvalue weighted by Crippen LogP contribution is 2.24. The fourth-order valence-electron chi connectivity index (χ4n) is 3.93. The first-order valence-electron chi connectivity index (χ1n) is 7.62. The minimum atomic E-state index is 0.866. The van der Waals surface area contributed by atoms with Crippen molar-refractivity contribution in [3.05, 3.63) is 0 Å². The molecule has 0 spiro atoms. The molecular formula is C14H27N3. The van der Waals surface area contributed by atoms with Gasteiger partial charge in [0.2, 0.25) is 0 Å². The van der Waals surface area contributed by atoms with Gasteiger partial charge in [0.15, 0.2) is 0 Å². The molecule has 3 fully saturated rings. The van der Waals surface area contributed by atoms with E-state index in [1.165, 1.54) is 77.8 Å². The number of hydrogen-bond donors (Lipinski definition) is 1. The van der Waals surface area contributed by atoms with Gasteiger partial charge < -0.3 is 5.32 Å². The van der Waals surface area contributed by atoms with Crippen LogP contribution in [0.3, 0.4) is 0 Å². The van der Waals surface area contributed by atoms with Gasteiger partial charge in [0, 0.05) is 18.6 Å². The summed E-state index contributed by atoms with van der Waals surface area (Å²) in [6.45, 7) is 7.88. The molecule has 0 saturated carbocycles. The molecule has 0 amide bonds. The van der Waals surface area contributed by atoms with E-state index >= 15 is 0 Å². The largest absolute Gasteiger partial charge is 0.317 e. The summed E-state index contributed by atoms with van der Waals surface area (Å²) in [5.41, 5.74) is 0. The van der Waals surface area contributed by atoms with Gasteiger partial charge in [0.25, 0.3) is 0 Å². The van der Waals surface area contributed by atoms with Crippen molar-refractivity contribution in [1.29, 1.82) is 0 Å². The number of hydrogen-bond acceptors (Lipinski definition) is 3. The Hall–Kier alpha value is -0.120. The molecule has 3 heterocycles. The van der Waals surface area contributed by atoms with Crippen LogP contribution < -0.4 is 5.32 Å². The molecule has 98 valence electrons. The van der Waals surface area contributed by atoms with Crippen LogP contribution >= 0.6 is 0 Å². The molecule has 17 heavy (non-hydrogen) atoms. The van der Waals surface area contributed by atoms with Gasteiger partial charge in [-0.15, -0.1) is 0 Å². The Morgan fingerprint density at radius 3 is 2.53 bits per heavy atom. The average molecular weight is 237 g/mol. The van der Waals surface area contributed by atoms with Crippen molar-refractivity contribution in [3.63, 3.8) is 0 Å². The molecule has 1 N–H and O–H groups in total. The van der Waals surface area contributed by atoms with Crippen molar-refractivity contribution >= 4 is 0 Å². The van der Waals surface area contributed by atoms with Gasteiger partial charge in [-0.2, -0.15) is 0 Å². The van der Waals surface area contributed by atoms with E-state index in [1.54, 1.807) is 0 Å². The van der Waals surface area contributed by atoms with Gasteiger partial charge in [0.1, 0.15) is 0 Å². The van der Waals surface area contributed by atoms with E-state index in [0.29, 0.717) is 0 Å². The van der Waals surface area contributed by atoms with Crippen molar-refractivity contribution in [2.24, 2.45) is 0 Å². The third kappa shape index (κ3) is 2.83. The van der Waals surface area contributed by atoms with Crippen molar-refractivity contribution < 1.29 is 0 Å². The maximum Gasteiger partial charge on any atom is 0.0223 e. The van der Waals surface area contributed by atoms with Crippen LogP contribution in [0.15, 0.2) is 0 Å². The van der Waals surface area contributed by atoms with Crippen molar-refractivity contribution in [3.8, 4) is 0 Å². The van der Waals surface area contributed by atoms with Gasteiger partial charge in [0.05, 0.1) is 0 Å². The smallest absolute Gasteiger partial charge is 0.0223 e. The van der Waals surface area contributed by atoms with Gasteiger partial charge in [-0.05, 0) is 71.2 Å². The second kappa shape index (κ2) is 5.68. The third-order valence-corrected chi connectivity index (χ3v) is 4.90. The van der Waals surface area contributed by atoms with Crippen molar-refractivity contribution in [2.75, 3.05) is 39.3 Å². The van der Waals surface area contributed by atoms with Crippen LogP contribution in [0.5, 0.6) is 0 Å². The standard InChI is InChI=1S/C14H27N3/c1-4-13(6-8-15-7-1)17-11-3-10-16-9-2-5-14(16)12-17/h13-15H,1-12H2. The zero-order valence-electron chi connectivity index (χ0n) is 11.0. The van der Waals surface area contributed by atoms with Gasteiger partial charge in [-0.25, -0.2) is 0 Å². The second-order valence-electron chi connectivity index (χ2n) is 6.02. The summed E-state index contributed by atoms with van der Waals surface area (Å²) in [4.78, 5) is 5.57. The molecule has 3 rings (SSSR count). The van der Waals surface area contributed by atoms with E-state index in [4.69, 9.17) is 0 Å². The van der Waals surface area contributed by atoms with Crippen LogP contribution in [0, 0.1) is 0 Å². The molecule has 0 aliphatic carbocycles. The molecule has 0 aromatic rings. The molecule has 0 radical (unpaired) electrons. The molecule has 0 aromatic heterocycles. The SMILES string of the molecule is C1CNCCC(N2CCCN3CCCC3C2)C1. The Bertz CT molecular complexity index is 236. The van der Waals surface area contributed by atoms with E-state index < -0.39 is 0 Å². The van der Waals surface area contributed by atoms with Gasteiger partial charge >= 0.3 is 0 Å². The first-order chi connectivity index (χ1) is 8.43. The minimum Gasteiger partial charge on any atom is -0.317 e. The monoisotopic (exact) mass is 237 g/mol. The first-order valence-corrected chi connectivity index (χ1v) is 7.62. The zero-order valence-corrected chi connectivity index (χ0v) is 11.0. The van der Waals surface area contributed by atoms with Crippen molar-refractivity contribution in [1.82, 2.24) is 15.1 Å². The predicted molar refractivity (Wildman–Crippen MR) is 71.3 cm³/mol.